The molecule has 0 radical (unpaired) electrons. The van der Waals surface area contributed by atoms with E-state index in [2.05, 4.69) is 5.32 Å². The highest BCUT2D eigenvalue weighted by Crippen LogP contribution is 2.27. The van der Waals surface area contributed by atoms with Crippen molar-refractivity contribution in [3.05, 3.63) is 29.8 Å². The summed E-state index contributed by atoms with van der Waals surface area (Å²) in [6.07, 6.45) is 0.541. The lowest BCUT2D eigenvalue weighted by Crippen LogP contribution is -2.38. The van der Waals surface area contributed by atoms with E-state index in [-0.39, 0.29) is 18.2 Å². The number of benzene rings is 1. The second-order valence-electron chi connectivity index (χ2n) is 4.28. The molecule has 2 rings (SSSR count). The first-order valence-corrected chi connectivity index (χ1v) is 5.91. The van der Waals surface area contributed by atoms with Gasteiger partial charge in [-0.15, -0.1) is 0 Å². The smallest absolute Gasteiger partial charge is 0.326 e. The maximum Gasteiger partial charge on any atom is 0.326 e. The van der Waals surface area contributed by atoms with Gasteiger partial charge in [0.05, 0.1) is 0 Å². The summed E-state index contributed by atoms with van der Waals surface area (Å²) in [6, 6.07) is 5.49. The SMILES string of the molecule is CNC(=O)c1ccc(N2C(=O)CC[C@H]2C(=O)O)cc1. The van der Waals surface area contributed by atoms with Crippen LogP contribution in [0.1, 0.15) is 23.2 Å². The quantitative estimate of drug-likeness (QED) is 0.836. The number of carboxylic acid groups (broad SMARTS) is 1. The van der Waals surface area contributed by atoms with Crippen LogP contribution in [0.3, 0.4) is 0 Å². The van der Waals surface area contributed by atoms with Crippen molar-refractivity contribution in [2.45, 2.75) is 18.9 Å². The van der Waals surface area contributed by atoms with Gasteiger partial charge in [-0.1, -0.05) is 0 Å². The van der Waals surface area contributed by atoms with Crippen molar-refractivity contribution in [1.29, 1.82) is 0 Å². The second-order valence-corrected chi connectivity index (χ2v) is 4.28. The van der Waals surface area contributed by atoms with Gasteiger partial charge >= 0.3 is 5.97 Å². The summed E-state index contributed by atoms with van der Waals surface area (Å²) in [5, 5.41) is 11.6. The number of nitrogens with one attached hydrogen (secondary N) is 1. The lowest BCUT2D eigenvalue weighted by atomic mass is 10.1. The average molecular weight is 262 g/mol. The largest absolute Gasteiger partial charge is 0.480 e. The van der Waals surface area contributed by atoms with Gasteiger partial charge in [-0.3, -0.25) is 14.5 Å². The van der Waals surface area contributed by atoms with E-state index in [0.29, 0.717) is 17.7 Å². The second kappa shape index (κ2) is 5.09. The van der Waals surface area contributed by atoms with Crippen LogP contribution in [0.25, 0.3) is 0 Å². The molecule has 19 heavy (non-hydrogen) atoms. The third-order valence-corrected chi connectivity index (χ3v) is 3.13. The van der Waals surface area contributed by atoms with Crippen LogP contribution in [0.2, 0.25) is 0 Å². The molecule has 1 aliphatic heterocycles. The van der Waals surface area contributed by atoms with Gasteiger partial charge in [0.15, 0.2) is 0 Å². The van der Waals surface area contributed by atoms with E-state index in [4.69, 9.17) is 5.11 Å². The minimum atomic E-state index is -1.01. The number of nitrogens with zero attached hydrogens (tertiary/aromatic N) is 1. The molecular weight excluding hydrogens is 248 g/mol. The Morgan fingerprint density at radius 1 is 1.32 bits per heavy atom. The van der Waals surface area contributed by atoms with E-state index in [9.17, 15) is 14.4 Å². The van der Waals surface area contributed by atoms with Crippen molar-refractivity contribution in [3.63, 3.8) is 0 Å². The topological polar surface area (TPSA) is 86.7 Å². The van der Waals surface area contributed by atoms with Gasteiger partial charge in [0.25, 0.3) is 5.91 Å². The molecule has 1 aromatic carbocycles. The third kappa shape index (κ3) is 2.42. The molecule has 0 bridgehead atoms. The fraction of sp³-hybridized carbons (Fsp3) is 0.308. The number of hydrogen-bond donors (Lipinski definition) is 2. The van der Waals surface area contributed by atoms with Crippen molar-refractivity contribution in [1.82, 2.24) is 5.32 Å². The predicted molar refractivity (Wildman–Crippen MR) is 68.0 cm³/mol. The zero-order valence-corrected chi connectivity index (χ0v) is 10.4. The Morgan fingerprint density at radius 2 is 1.95 bits per heavy atom. The van der Waals surface area contributed by atoms with Crippen LogP contribution in [0.4, 0.5) is 5.69 Å². The van der Waals surface area contributed by atoms with Gasteiger partial charge < -0.3 is 10.4 Å². The van der Waals surface area contributed by atoms with Crippen LogP contribution in [0.5, 0.6) is 0 Å². The summed E-state index contributed by atoms with van der Waals surface area (Å²) < 4.78 is 0. The average Bonchev–Trinajstić information content (AvgIpc) is 2.80. The van der Waals surface area contributed by atoms with E-state index in [0.717, 1.165) is 0 Å². The highest BCUT2D eigenvalue weighted by atomic mass is 16.4. The maximum atomic E-state index is 11.7. The lowest BCUT2D eigenvalue weighted by molar-refractivity contribution is -0.138. The number of anilines is 1. The molecule has 1 fully saturated rings. The molecule has 0 unspecified atom stereocenters. The van der Waals surface area contributed by atoms with E-state index >= 15 is 0 Å². The fourth-order valence-corrected chi connectivity index (χ4v) is 2.16. The van der Waals surface area contributed by atoms with Crippen LogP contribution in [0, 0.1) is 0 Å². The van der Waals surface area contributed by atoms with E-state index in [1.54, 1.807) is 24.3 Å². The highest BCUT2D eigenvalue weighted by molar-refractivity contribution is 6.02. The number of aliphatic carboxylic acids is 1. The molecule has 6 nitrogen and oxygen atoms in total. The Kier molecular flexibility index (Phi) is 3.50. The zero-order chi connectivity index (χ0) is 14.0. The zero-order valence-electron chi connectivity index (χ0n) is 10.4. The molecule has 1 aromatic rings. The van der Waals surface area contributed by atoms with Crippen molar-refractivity contribution in [3.8, 4) is 0 Å². The Labute approximate surface area is 110 Å². The maximum absolute atomic E-state index is 11.7. The molecule has 1 aliphatic rings. The van der Waals surface area contributed by atoms with Crippen molar-refractivity contribution in [2.75, 3.05) is 11.9 Å². The van der Waals surface area contributed by atoms with Crippen LogP contribution in [-0.4, -0.2) is 36.0 Å². The first-order valence-electron chi connectivity index (χ1n) is 5.91. The van der Waals surface area contributed by atoms with Crippen LogP contribution in [-0.2, 0) is 9.59 Å². The van der Waals surface area contributed by atoms with Crippen molar-refractivity contribution < 1.29 is 19.5 Å². The van der Waals surface area contributed by atoms with E-state index in [1.165, 1.54) is 11.9 Å². The molecule has 0 aliphatic carbocycles. The van der Waals surface area contributed by atoms with Gasteiger partial charge in [-0.2, -0.15) is 0 Å². The highest BCUT2D eigenvalue weighted by Gasteiger charge is 2.36. The number of rotatable bonds is 3. The minimum absolute atomic E-state index is 0.208. The molecule has 1 saturated heterocycles. The molecule has 2 amide bonds. The van der Waals surface area contributed by atoms with Crippen LogP contribution < -0.4 is 10.2 Å². The molecule has 0 saturated carbocycles. The predicted octanol–water partition coefficient (Wildman–Crippen LogP) is 0.626. The molecule has 1 heterocycles. The molecule has 0 aromatic heterocycles. The van der Waals surface area contributed by atoms with E-state index in [1.807, 2.05) is 0 Å². The molecular formula is C13H14N2O4. The lowest BCUT2D eigenvalue weighted by Gasteiger charge is -2.21. The number of carboxylic acids is 1. The Hall–Kier alpha value is -2.37. The Balaban J connectivity index is 2.28. The minimum Gasteiger partial charge on any atom is -0.480 e. The van der Waals surface area contributed by atoms with E-state index < -0.39 is 12.0 Å². The monoisotopic (exact) mass is 262 g/mol. The summed E-state index contributed by atoms with van der Waals surface area (Å²) in [6.45, 7) is 0. The molecule has 2 N–H and O–H groups in total. The number of amides is 2. The van der Waals surface area contributed by atoms with Crippen LogP contribution in [0.15, 0.2) is 24.3 Å². The molecule has 6 heteroatoms. The normalized spacial score (nSPS) is 18.5. The number of carbonyl (C=O) groups excluding carboxylic acids is 2. The summed E-state index contributed by atoms with van der Waals surface area (Å²) in [5.74, 6) is -1.45. The summed E-state index contributed by atoms with van der Waals surface area (Å²) in [5.41, 5.74) is 0.965. The van der Waals surface area contributed by atoms with Gasteiger partial charge in [0.2, 0.25) is 5.91 Å². The van der Waals surface area contributed by atoms with Crippen molar-refractivity contribution >= 4 is 23.5 Å². The first-order chi connectivity index (χ1) is 9.04. The molecule has 0 spiro atoms. The Bertz CT molecular complexity index is 524. The van der Waals surface area contributed by atoms with Gasteiger partial charge in [0.1, 0.15) is 6.04 Å². The molecule has 100 valence electrons. The summed E-state index contributed by atoms with van der Waals surface area (Å²) in [4.78, 5) is 35.5. The van der Waals surface area contributed by atoms with Gasteiger partial charge in [0, 0.05) is 24.7 Å². The first kappa shape index (κ1) is 13.1. The van der Waals surface area contributed by atoms with Crippen molar-refractivity contribution in [2.24, 2.45) is 0 Å². The summed E-state index contributed by atoms with van der Waals surface area (Å²) in [7, 11) is 1.53. The van der Waals surface area contributed by atoms with Gasteiger partial charge in [-0.05, 0) is 30.7 Å². The number of hydrogen-bond acceptors (Lipinski definition) is 3. The summed E-state index contributed by atoms with van der Waals surface area (Å²) >= 11 is 0. The number of carbonyl (C=O) groups is 3. The Morgan fingerprint density at radius 3 is 2.47 bits per heavy atom. The fourth-order valence-electron chi connectivity index (χ4n) is 2.16. The third-order valence-electron chi connectivity index (χ3n) is 3.13. The van der Waals surface area contributed by atoms with Gasteiger partial charge in [-0.25, -0.2) is 4.79 Å². The molecule has 1 atom stereocenters. The van der Waals surface area contributed by atoms with Crippen LogP contribution >= 0.6 is 0 Å². The standard InChI is InChI=1S/C13H14N2O4/c1-14-12(17)8-2-4-9(5-3-8)15-10(13(18)19)6-7-11(15)16/h2-5,10H,6-7H2,1H3,(H,14,17)(H,18,19)/t10-/m0/s1.